The first-order valence-corrected chi connectivity index (χ1v) is 11.8. The number of nitrogens with zero attached hydrogens (tertiary/aromatic N) is 1. The quantitative estimate of drug-likeness (QED) is 0.505. The molecule has 174 valence electrons. The van der Waals surface area contributed by atoms with E-state index in [1.807, 2.05) is 0 Å². The van der Waals surface area contributed by atoms with Crippen molar-refractivity contribution in [1.29, 1.82) is 0 Å². The maximum atomic E-state index is 13.3. The van der Waals surface area contributed by atoms with Crippen LogP contribution in [0.15, 0.2) is 58.9 Å². The number of ether oxygens (including phenoxy) is 1. The maximum absolute atomic E-state index is 13.3. The number of carbonyl (C=O) groups is 2. The molecule has 2 aromatic carbocycles. The Balaban J connectivity index is 2.08. The summed E-state index contributed by atoms with van der Waals surface area (Å²) in [4.78, 5) is 39.1. The normalized spacial score (nSPS) is 15.9. The van der Waals surface area contributed by atoms with E-state index in [2.05, 4.69) is 0 Å². The Morgan fingerprint density at radius 1 is 1.06 bits per heavy atom. The number of nitrogens with two attached hydrogens (primary N) is 2. The lowest BCUT2D eigenvalue weighted by atomic mass is 9.83. The zero-order valence-electron chi connectivity index (χ0n) is 17.9. The highest BCUT2D eigenvalue weighted by molar-refractivity contribution is 7.07. The molecule has 1 amide bonds. The molecule has 34 heavy (non-hydrogen) atoms. The second kappa shape index (κ2) is 9.50. The molecule has 1 aromatic heterocycles. The Morgan fingerprint density at radius 2 is 1.65 bits per heavy atom. The predicted octanol–water partition coefficient (Wildman–Crippen LogP) is 2.17. The van der Waals surface area contributed by atoms with Crippen LogP contribution in [-0.4, -0.2) is 23.1 Å². The Hall–Kier alpha value is -3.33. The van der Waals surface area contributed by atoms with Crippen LogP contribution < -0.4 is 26.2 Å². The lowest BCUT2D eigenvalue weighted by Gasteiger charge is -2.26. The monoisotopic (exact) mass is 515 g/mol. The van der Waals surface area contributed by atoms with E-state index in [0.717, 1.165) is 21.5 Å². The second-order valence-electron chi connectivity index (χ2n) is 7.39. The fraction of sp³-hybridized carbons (Fsp3) is 0.125. The highest BCUT2D eigenvalue weighted by Gasteiger charge is 2.38. The number of thiazole rings is 1. The summed E-state index contributed by atoms with van der Waals surface area (Å²) in [5.74, 6) is -2.58. The lowest BCUT2D eigenvalue weighted by molar-refractivity contribution is -0.138. The number of esters is 1. The topological polar surface area (TPSA) is 117 Å². The average molecular weight is 516 g/mol. The van der Waals surface area contributed by atoms with E-state index in [1.54, 1.807) is 61.5 Å². The van der Waals surface area contributed by atoms with Gasteiger partial charge >= 0.3 is 5.97 Å². The van der Waals surface area contributed by atoms with Crippen molar-refractivity contribution >= 4 is 63.9 Å². The van der Waals surface area contributed by atoms with Crippen LogP contribution in [0.25, 0.3) is 17.5 Å². The van der Waals surface area contributed by atoms with Crippen LogP contribution in [0.3, 0.4) is 0 Å². The van der Waals surface area contributed by atoms with Crippen LogP contribution >= 0.6 is 34.5 Å². The number of carbonyl (C=O) groups excluding carboxylic acids is 2. The molecule has 0 saturated carbocycles. The van der Waals surface area contributed by atoms with Gasteiger partial charge < -0.3 is 16.2 Å². The van der Waals surface area contributed by atoms with Gasteiger partial charge in [0.2, 0.25) is 5.91 Å². The van der Waals surface area contributed by atoms with Gasteiger partial charge in [0.15, 0.2) is 0 Å². The van der Waals surface area contributed by atoms with Crippen molar-refractivity contribution in [1.82, 2.24) is 4.57 Å². The molecule has 0 spiro atoms. The molecular weight excluding hydrogens is 497 g/mol. The van der Waals surface area contributed by atoms with Crippen LogP contribution in [-0.2, 0) is 14.3 Å². The maximum Gasteiger partial charge on any atom is 0.338 e. The summed E-state index contributed by atoms with van der Waals surface area (Å²) in [6.45, 7) is 1.73. The van der Waals surface area contributed by atoms with E-state index >= 15 is 0 Å². The molecule has 0 fully saturated rings. The predicted molar refractivity (Wildman–Crippen MR) is 134 cm³/mol. The van der Waals surface area contributed by atoms with Gasteiger partial charge in [0, 0.05) is 10.0 Å². The summed E-state index contributed by atoms with van der Waals surface area (Å²) in [5.41, 5.74) is 13.0. The minimum atomic E-state index is -0.935. The van der Waals surface area contributed by atoms with Crippen LogP contribution in [0.2, 0.25) is 10.0 Å². The summed E-state index contributed by atoms with van der Waals surface area (Å²) in [6.07, 6.45) is 1.65. The minimum Gasteiger partial charge on any atom is -0.463 e. The first-order chi connectivity index (χ1) is 16.2. The first kappa shape index (κ1) is 23.8. The molecule has 1 atom stereocenters. The van der Waals surface area contributed by atoms with Crippen LogP contribution in [0, 0.1) is 0 Å². The van der Waals surface area contributed by atoms with Gasteiger partial charge in [-0.25, -0.2) is 4.79 Å². The summed E-state index contributed by atoms with van der Waals surface area (Å²) in [6, 6.07) is 13.5. The third-order valence-electron chi connectivity index (χ3n) is 5.28. The van der Waals surface area contributed by atoms with Gasteiger partial charge in [-0.1, -0.05) is 47.5 Å². The number of rotatable bonds is 5. The van der Waals surface area contributed by atoms with Gasteiger partial charge in [-0.2, -0.15) is 0 Å². The Labute approximate surface area is 208 Å². The molecule has 0 aliphatic carbocycles. The van der Waals surface area contributed by atoms with E-state index in [9.17, 15) is 14.4 Å². The van der Waals surface area contributed by atoms with E-state index < -0.39 is 23.4 Å². The van der Waals surface area contributed by atoms with Crippen LogP contribution in [0.5, 0.6) is 0 Å². The number of fused-ring (bicyclic) bond motifs is 1. The highest BCUT2D eigenvalue weighted by atomic mass is 35.5. The summed E-state index contributed by atoms with van der Waals surface area (Å²) >= 11 is 13.0. The summed E-state index contributed by atoms with van der Waals surface area (Å²) < 4.78 is 6.92. The van der Waals surface area contributed by atoms with Crippen molar-refractivity contribution < 1.29 is 14.3 Å². The van der Waals surface area contributed by atoms with Crippen molar-refractivity contribution in [2.75, 3.05) is 6.61 Å². The van der Waals surface area contributed by atoms with Crippen molar-refractivity contribution in [2.24, 2.45) is 11.5 Å². The average Bonchev–Trinajstić information content (AvgIpc) is 3.11. The van der Waals surface area contributed by atoms with Crippen LogP contribution in [0.4, 0.5) is 0 Å². The number of halogens is 2. The second-order valence-corrected chi connectivity index (χ2v) is 9.29. The molecule has 2 heterocycles. The third-order valence-corrected chi connectivity index (χ3v) is 6.89. The molecule has 1 aliphatic heterocycles. The van der Waals surface area contributed by atoms with Crippen molar-refractivity contribution in [3.63, 3.8) is 0 Å². The number of hydrogen-bond donors (Lipinski definition) is 2. The van der Waals surface area contributed by atoms with Crippen molar-refractivity contribution in [3.8, 4) is 0 Å². The summed E-state index contributed by atoms with van der Waals surface area (Å²) in [7, 11) is 0. The Morgan fingerprint density at radius 3 is 2.21 bits per heavy atom. The molecule has 0 radical (unpaired) electrons. The van der Waals surface area contributed by atoms with Gasteiger partial charge in [-0.15, -0.1) is 11.3 Å². The standard InChI is InChI=1S/C24H19Cl2N3O4S/c1-2-33-24(32)18-17(13-5-9-15(26)10-6-13)19(21(28)30)23-29(20(18)27)22(31)16(34-23)11-12-3-7-14(25)8-4-12/h3-11,17H,2,27H2,1H3,(H2,28,30)/b16-11-. The zero-order valence-corrected chi connectivity index (χ0v) is 20.2. The number of hydrogen-bond acceptors (Lipinski definition) is 6. The van der Waals surface area contributed by atoms with Gasteiger partial charge in [0.25, 0.3) is 5.56 Å². The minimum absolute atomic E-state index is 0.0385. The number of aromatic nitrogens is 1. The van der Waals surface area contributed by atoms with E-state index in [4.69, 9.17) is 39.4 Å². The number of benzene rings is 2. The van der Waals surface area contributed by atoms with Crippen LogP contribution in [0.1, 0.15) is 24.0 Å². The van der Waals surface area contributed by atoms with E-state index in [1.165, 1.54) is 0 Å². The number of primary amides is 1. The van der Waals surface area contributed by atoms with Gasteiger partial charge in [0.1, 0.15) is 10.5 Å². The van der Waals surface area contributed by atoms with Crippen molar-refractivity contribution in [3.05, 3.63) is 94.8 Å². The Kier molecular flexibility index (Phi) is 6.65. The molecular formula is C24H19Cl2N3O4S. The van der Waals surface area contributed by atoms with Gasteiger partial charge in [-0.05, 0) is 48.4 Å². The third kappa shape index (κ3) is 4.27. The molecule has 10 heteroatoms. The van der Waals surface area contributed by atoms with E-state index in [-0.39, 0.29) is 28.2 Å². The molecule has 0 saturated heterocycles. The van der Waals surface area contributed by atoms with Gasteiger partial charge in [0.05, 0.1) is 28.2 Å². The number of amides is 1. The lowest BCUT2D eigenvalue weighted by Crippen LogP contribution is -2.42. The molecule has 0 bridgehead atoms. The largest absolute Gasteiger partial charge is 0.463 e. The molecule has 4 rings (SSSR count). The molecule has 3 aromatic rings. The SMILES string of the molecule is CCOC(=O)C1=C(N)n2c(s/c(=C\c3ccc(Cl)cc3)c2=O)=C(C(N)=O)C1c1ccc(Cl)cc1. The highest BCUT2D eigenvalue weighted by Crippen LogP contribution is 2.37. The Bertz CT molecular complexity index is 1500. The van der Waals surface area contributed by atoms with Crippen molar-refractivity contribution in [2.45, 2.75) is 12.8 Å². The van der Waals surface area contributed by atoms with Gasteiger partial charge in [-0.3, -0.25) is 14.2 Å². The smallest absolute Gasteiger partial charge is 0.338 e. The fourth-order valence-corrected chi connectivity index (χ4v) is 5.23. The summed E-state index contributed by atoms with van der Waals surface area (Å²) in [5, 5.41) is 1.03. The molecule has 1 aliphatic rings. The molecule has 7 nitrogen and oxygen atoms in total. The zero-order chi connectivity index (χ0) is 24.6. The first-order valence-electron chi connectivity index (χ1n) is 10.2. The molecule has 4 N–H and O–H groups in total. The fourth-order valence-electron chi connectivity index (χ4n) is 3.80. The molecule has 1 unspecified atom stereocenters. The van der Waals surface area contributed by atoms with E-state index in [0.29, 0.717) is 20.1 Å².